The predicted octanol–water partition coefficient (Wildman–Crippen LogP) is 0.190. The van der Waals surface area contributed by atoms with E-state index in [1.807, 2.05) is 0 Å². The van der Waals surface area contributed by atoms with Gasteiger partial charge in [-0.3, -0.25) is 9.59 Å². The van der Waals surface area contributed by atoms with E-state index >= 15 is 0 Å². The molecule has 0 radical (unpaired) electrons. The molecule has 0 saturated carbocycles. The lowest BCUT2D eigenvalue weighted by Crippen LogP contribution is -2.38. The molecule has 0 aliphatic heterocycles. The average molecular weight is 260 g/mol. The Balaban J connectivity index is 3.65. The molecule has 0 fully saturated rings. The SMILES string of the molecule is COC(=O)CC(=O)NCCNC(=O)OC(C)(C)C. The maximum absolute atomic E-state index is 11.2. The molecule has 0 aromatic heterocycles. The summed E-state index contributed by atoms with van der Waals surface area (Å²) in [5.41, 5.74) is -0.557. The van der Waals surface area contributed by atoms with E-state index in [9.17, 15) is 14.4 Å². The van der Waals surface area contributed by atoms with Gasteiger partial charge in [0.15, 0.2) is 0 Å². The number of carbonyl (C=O) groups is 3. The summed E-state index contributed by atoms with van der Waals surface area (Å²) < 4.78 is 9.32. The molecule has 0 heterocycles. The van der Waals surface area contributed by atoms with Crippen LogP contribution in [0, 0.1) is 0 Å². The van der Waals surface area contributed by atoms with Gasteiger partial charge in [-0.25, -0.2) is 4.79 Å². The number of esters is 1. The van der Waals surface area contributed by atoms with Crippen molar-refractivity contribution >= 4 is 18.0 Å². The van der Waals surface area contributed by atoms with Crippen molar-refractivity contribution in [2.75, 3.05) is 20.2 Å². The van der Waals surface area contributed by atoms with Crippen molar-refractivity contribution in [2.24, 2.45) is 0 Å². The summed E-state index contributed by atoms with van der Waals surface area (Å²) in [6, 6.07) is 0. The summed E-state index contributed by atoms with van der Waals surface area (Å²) in [6.07, 6.45) is -0.882. The summed E-state index contributed by atoms with van der Waals surface area (Å²) >= 11 is 0. The smallest absolute Gasteiger partial charge is 0.407 e. The number of hydrogen-bond acceptors (Lipinski definition) is 5. The Morgan fingerprint density at radius 1 is 1.06 bits per heavy atom. The third-order valence-electron chi connectivity index (χ3n) is 1.65. The second-order valence-electron chi connectivity index (χ2n) is 4.53. The van der Waals surface area contributed by atoms with Crippen molar-refractivity contribution in [3.8, 4) is 0 Å². The minimum atomic E-state index is -0.604. The number of alkyl carbamates (subject to hydrolysis) is 1. The molecular weight excluding hydrogens is 240 g/mol. The van der Waals surface area contributed by atoms with E-state index in [0.29, 0.717) is 0 Å². The number of rotatable bonds is 5. The van der Waals surface area contributed by atoms with E-state index < -0.39 is 23.6 Å². The van der Waals surface area contributed by atoms with Crippen LogP contribution in [0.25, 0.3) is 0 Å². The van der Waals surface area contributed by atoms with Gasteiger partial charge in [-0.1, -0.05) is 0 Å². The first-order valence-electron chi connectivity index (χ1n) is 5.55. The van der Waals surface area contributed by atoms with Crippen molar-refractivity contribution in [2.45, 2.75) is 32.8 Å². The molecule has 0 aliphatic rings. The van der Waals surface area contributed by atoms with E-state index in [2.05, 4.69) is 15.4 Å². The lowest BCUT2D eigenvalue weighted by molar-refractivity contribution is -0.143. The van der Waals surface area contributed by atoms with Crippen molar-refractivity contribution in [1.29, 1.82) is 0 Å². The van der Waals surface area contributed by atoms with Crippen molar-refractivity contribution < 1.29 is 23.9 Å². The number of methoxy groups -OCH3 is 1. The first-order chi connectivity index (χ1) is 8.24. The topological polar surface area (TPSA) is 93.7 Å². The van der Waals surface area contributed by atoms with Crippen molar-refractivity contribution in [3.63, 3.8) is 0 Å². The maximum atomic E-state index is 11.2. The molecule has 0 unspecified atom stereocenters. The minimum Gasteiger partial charge on any atom is -0.469 e. The second kappa shape index (κ2) is 7.52. The minimum absolute atomic E-state index is 0.217. The highest BCUT2D eigenvalue weighted by Gasteiger charge is 2.15. The van der Waals surface area contributed by atoms with Gasteiger partial charge in [-0.05, 0) is 20.8 Å². The highest BCUT2D eigenvalue weighted by Crippen LogP contribution is 2.05. The first-order valence-corrected chi connectivity index (χ1v) is 5.55. The van der Waals surface area contributed by atoms with Crippen LogP contribution in [-0.2, 0) is 19.1 Å². The van der Waals surface area contributed by atoms with Crippen LogP contribution in [0.15, 0.2) is 0 Å². The lowest BCUT2D eigenvalue weighted by atomic mass is 10.2. The second-order valence-corrected chi connectivity index (χ2v) is 4.53. The van der Waals surface area contributed by atoms with Crippen LogP contribution in [0.1, 0.15) is 27.2 Å². The summed E-state index contributed by atoms with van der Waals surface area (Å²) in [5.74, 6) is -1.06. The Morgan fingerprint density at radius 3 is 2.11 bits per heavy atom. The molecule has 0 aromatic rings. The van der Waals surface area contributed by atoms with Gasteiger partial charge in [-0.15, -0.1) is 0 Å². The normalized spacial score (nSPS) is 10.4. The molecule has 7 nitrogen and oxygen atoms in total. The number of nitrogens with one attached hydrogen (secondary N) is 2. The zero-order valence-corrected chi connectivity index (χ0v) is 11.2. The maximum Gasteiger partial charge on any atom is 0.407 e. The Bertz CT molecular complexity index is 309. The molecule has 0 bridgehead atoms. The van der Waals surface area contributed by atoms with Crippen LogP contribution in [0.3, 0.4) is 0 Å². The van der Waals surface area contributed by atoms with Gasteiger partial charge < -0.3 is 20.1 Å². The Kier molecular flexibility index (Phi) is 6.77. The van der Waals surface area contributed by atoms with E-state index in [1.165, 1.54) is 7.11 Å². The monoisotopic (exact) mass is 260 g/mol. The van der Waals surface area contributed by atoms with Crippen LogP contribution in [0.5, 0.6) is 0 Å². The number of carbonyl (C=O) groups excluding carboxylic acids is 3. The molecule has 0 aromatic carbocycles. The molecule has 2 amide bonds. The van der Waals surface area contributed by atoms with Gasteiger partial charge in [0.05, 0.1) is 7.11 Å². The summed E-state index contributed by atoms with van der Waals surface area (Å²) in [4.78, 5) is 33.1. The number of ether oxygens (including phenoxy) is 2. The van der Waals surface area contributed by atoms with Crippen molar-refractivity contribution in [1.82, 2.24) is 10.6 Å². The van der Waals surface area contributed by atoms with E-state index in [0.717, 1.165) is 0 Å². The Labute approximate surface area is 106 Å². The average Bonchev–Trinajstić information content (AvgIpc) is 2.21. The fraction of sp³-hybridized carbons (Fsp3) is 0.727. The molecule has 104 valence electrons. The van der Waals surface area contributed by atoms with Crippen LogP contribution in [0.2, 0.25) is 0 Å². The van der Waals surface area contributed by atoms with Crippen LogP contribution < -0.4 is 10.6 Å². The zero-order chi connectivity index (χ0) is 14.2. The standard InChI is InChI=1S/C11H20N2O5/c1-11(2,3)18-10(16)13-6-5-12-8(14)7-9(15)17-4/h5-7H2,1-4H3,(H,12,14)(H,13,16). The quantitative estimate of drug-likeness (QED) is 0.418. The molecule has 2 N–H and O–H groups in total. The van der Waals surface area contributed by atoms with Crippen molar-refractivity contribution in [3.05, 3.63) is 0 Å². The molecule has 0 spiro atoms. The van der Waals surface area contributed by atoms with Crippen LogP contribution in [-0.4, -0.2) is 43.8 Å². The third-order valence-corrected chi connectivity index (χ3v) is 1.65. The predicted molar refractivity (Wildman–Crippen MR) is 63.9 cm³/mol. The lowest BCUT2D eigenvalue weighted by Gasteiger charge is -2.19. The fourth-order valence-corrected chi connectivity index (χ4v) is 0.946. The number of hydrogen-bond donors (Lipinski definition) is 2. The Hall–Kier alpha value is -1.79. The van der Waals surface area contributed by atoms with Gasteiger partial charge in [0.2, 0.25) is 5.91 Å². The summed E-state index contributed by atoms with van der Waals surface area (Å²) in [6.45, 7) is 5.71. The third kappa shape index (κ3) is 9.44. The zero-order valence-electron chi connectivity index (χ0n) is 11.2. The molecule has 18 heavy (non-hydrogen) atoms. The molecule has 0 atom stereocenters. The first kappa shape index (κ1) is 16.2. The molecule has 0 rings (SSSR count). The van der Waals surface area contributed by atoms with Crippen LogP contribution in [0.4, 0.5) is 4.79 Å². The molecule has 0 saturated heterocycles. The van der Waals surface area contributed by atoms with Gasteiger partial charge in [0, 0.05) is 13.1 Å². The molecule has 0 aliphatic carbocycles. The van der Waals surface area contributed by atoms with E-state index in [-0.39, 0.29) is 19.5 Å². The fourth-order valence-electron chi connectivity index (χ4n) is 0.946. The van der Waals surface area contributed by atoms with Crippen LogP contribution >= 0.6 is 0 Å². The van der Waals surface area contributed by atoms with E-state index in [4.69, 9.17) is 4.74 Å². The Morgan fingerprint density at radius 2 is 1.61 bits per heavy atom. The highest BCUT2D eigenvalue weighted by molar-refractivity contribution is 5.94. The summed E-state index contributed by atoms with van der Waals surface area (Å²) in [5, 5.41) is 4.93. The van der Waals surface area contributed by atoms with E-state index in [1.54, 1.807) is 20.8 Å². The largest absolute Gasteiger partial charge is 0.469 e. The molecule has 7 heteroatoms. The highest BCUT2D eigenvalue weighted by atomic mass is 16.6. The molecular formula is C11H20N2O5. The van der Waals surface area contributed by atoms with Gasteiger partial charge in [-0.2, -0.15) is 0 Å². The number of amides is 2. The van der Waals surface area contributed by atoms with Gasteiger partial charge >= 0.3 is 12.1 Å². The summed E-state index contributed by atoms with van der Waals surface area (Å²) in [7, 11) is 1.21. The van der Waals surface area contributed by atoms with Gasteiger partial charge in [0.1, 0.15) is 12.0 Å². The van der Waals surface area contributed by atoms with Gasteiger partial charge in [0.25, 0.3) is 0 Å².